The zero-order valence-electron chi connectivity index (χ0n) is 18.0. The zero-order valence-corrected chi connectivity index (χ0v) is 18.0. The quantitative estimate of drug-likeness (QED) is 0.641. The summed E-state index contributed by atoms with van der Waals surface area (Å²) in [6.07, 6.45) is 6.72. The van der Waals surface area contributed by atoms with Crippen LogP contribution in [0.25, 0.3) is 11.0 Å². The Bertz CT molecular complexity index is 1250. The van der Waals surface area contributed by atoms with Crippen LogP contribution in [-0.4, -0.2) is 39.1 Å². The second kappa shape index (κ2) is 8.69. The van der Waals surface area contributed by atoms with Crippen LogP contribution >= 0.6 is 0 Å². The molecule has 0 atom stereocenters. The summed E-state index contributed by atoms with van der Waals surface area (Å²) in [5.74, 6) is 0.453. The lowest BCUT2D eigenvalue weighted by Gasteiger charge is -2.28. The van der Waals surface area contributed by atoms with Crippen LogP contribution in [0.3, 0.4) is 0 Å². The van der Waals surface area contributed by atoms with E-state index in [0.29, 0.717) is 23.5 Å². The van der Waals surface area contributed by atoms with Crippen molar-refractivity contribution in [1.82, 2.24) is 19.4 Å². The molecule has 32 heavy (non-hydrogen) atoms. The lowest BCUT2D eigenvalue weighted by Crippen LogP contribution is -2.34. The van der Waals surface area contributed by atoms with Crippen molar-refractivity contribution in [2.75, 3.05) is 25.0 Å². The molecule has 8 heteroatoms. The highest BCUT2D eigenvalue weighted by atomic mass is 16.1. The largest absolute Gasteiger partial charge is 0.329 e. The van der Waals surface area contributed by atoms with Gasteiger partial charge in [0.2, 0.25) is 5.95 Å². The van der Waals surface area contributed by atoms with Gasteiger partial charge in [-0.25, -0.2) is 4.98 Å². The summed E-state index contributed by atoms with van der Waals surface area (Å²) in [5, 5.41) is 13.4. The minimum absolute atomic E-state index is 0.0845. The van der Waals surface area contributed by atoms with Crippen molar-refractivity contribution in [1.29, 1.82) is 5.26 Å². The maximum absolute atomic E-state index is 13.0. The molecule has 0 unspecified atom stereocenters. The van der Waals surface area contributed by atoms with Crippen LogP contribution in [0, 0.1) is 11.3 Å². The molecule has 1 aliphatic heterocycles. The number of fused-ring (bicyclic) bond motifs is 2. The average molecular weight is 430 g/mol. The maximum Gasteiger partial charge on any atom is 0.270 e. The Morgan fingerprint density at radius 2 is 2.06 bits per heavy atom. The van der Waals surface area contributed by atoms with E-state index in [4.69, 9.17) is 10.7 Å². The summed E-state index contributed by atoms with van der Waals surface area (Å²) in [4.78, 5) is 24.5. The molecule has 3 aromatic rings. The Morgan fingerprint density at radius 3 is 2.84 bits per heavy atom. The molecular weight excluding hydrogens is 402 g/mol. The van der Waals surface area contributed by atoms with Gasteiger partial charge in [-0.05, 0) is 48.6 Å². The first-order valence-corrected chi connectivity index (χ1v) is 11.3. The van der Waals surface area contributed by atoms with Gasteiger partial charge in [0, 0.05) is 49.5 Å². The summed E-state index contributed by atoms with van der Waals surface area (Å²) < 4.78 is 1.71. The Morgan fingerprint density at radius 1 is 1.22 bits per heavy atom. The van der Waals surface area contributed by atoms with Gasteiger partial charge in [0.1, 0.15) is 17.3 Å². The topological polar surface area (TPSA) is 113 Å². The zero-order chi connectivity index (χ0) is 22.1. The van der Waals surface area contributed by atoms with E-state index in [1.165, 1.54) is 11.1 Å². The molecule has 5 rings (SSSR count). The van der Waals surface area contributed by atoms with Gasteiger partial charge in [0.05, 0.1) is 0 Å². The second-order valence-corrected chi connectivity index (χ2v) is 8.68. The summed E-state index contributed by atoms with van der Waals surface area (Å²) in [6, 6.07) is 10.1. The van der Waals surface area contributed by atoms with Crippen LogP contribution in [0.4, 0.5) is 11.6 Å². The molecule has 0 amide bonds. The SMILES string of the molecule is N#Cc1cc2cnc(Nc3ccc4c(c3)CCN(CCN)C4)nc2n(C2CCCC2)c1=O. The van der Waals surface area contributed by atoms with E-state index in [9.17, 15) is 10.1 Å². The van der Waals surface area contributed by atoms with Gasteiger partial charge in [-0.15, -0.1) is 0 Å². The van der Waals surface area contributed by atoms with E-state index in [0.717, 1.165) is 57.4 Å². The maximum atomic E-state index is 13.0. The fourth-order valence-corrected chi connectivity index (χ4v) is 4.95. The molecule has 1 fully saturated rings. The lowest BCUT2D eigenvalue weighted by molar-refractivity contribution is 0.261. The third-order valence-corrected chi connectivity index (χ3v) is 6.58. The van der Waals surface area contributed by atoms with E-state index in [1.807, 2.05) is 12.1 Å². The number of rotatable bonds is 5. The van der Waals surface area contributed by atoms with E-state index in [-0.39, 0.29) is 17.2 Å². The number of nitrogens with two attached hydrogens (primary N) is 1. The van der Waals surface area contributed by atoms with Crippen molar-refractivity contribution in [3.05, 3.63) is 57.5 Å². The molecule has 1 saturated carbocycles. The van der Waals surface area contributed by atoms with Crippen molar-refractivity contribution in [3.63, 3.8) is 0 Å². The molecule has 3 N–H and O–H groups in total. The first-order valence-electron chi connectivity index (χ1n) is 11.3. The summed E-state index contributed by atoms with van der Waals surface area (Å²) in [7, 11) is 0. The van der Waals surface area contributed by atoms with Gasteiger partial charge >= 0.3 is 0 Å². The molecule has 2 aromatic heterocycles. The number of benzene rings is 1. The fourth-order valence-electron chi connectivity index (χ4n) is 4.95. The molecule has 0 radical (unpaired) electrons. The average Bonchev–Trinajstić information content (AvgIpc) is 3.33. The second-order valence-electron chi connectivity index (χ2n) is 8.68. The highest BCUT2D eigenvalue weighted by Crippen LogP contribution is 2.31. The molecule has 1 aliphatic carbocycles. The van der Waals surface area contributed by atoms with Crippen LogP contribution in [0.2, 0.25) is 0 Å². The Balaban J connectivity index is 1.47. The molecule has 0 spiro atoms. The number of nitrogens with zero attached hydrogens (tertiary/aromatic N) is 5. The van der Waals surface area contributed by atoms with Crippen molar-refractivity contribution in [2.45, 2.75) is 44.7 Å². The molecule has 1 aromatic carbocycles. The number of pyridine rings is 1. The Hall–Kier alpha value is -3.28. The third-order valence-electron chi connectivity index (χ3n) is 6.58. The van der Waals surface area contributed by atoms with Crippen molar-refractivity contribution in [2.24, 2.45) is 5.73 Å². The van der Waals surface area contributed by atoms with E-state index in [2.05, 4.69) is 27.3 Å². The molecule has 8 nitrogen and oxygen atoms in total. The van der Waals surface area contributed by atoms with Gasteiger partial charge in [0.15, 0.2) is 0 Å². The first kappa shape index (κ1) is 20.6. The van der Waals surface area contributed by atoms with Gasteiger partial charge in [0.25, 0.3) is 5.56 Å². The van der Waals surface area contributed by atoms with E-state index in [1.54, 1.807) is 16.8 Å². The number of aromatic nitrogens is 3. The highest BCUT2D eigenvalue weighted by molar-refractivity contribution is 5.77. The minimum atomic E-state index is -0.257. The number of hydrogen-bond donors (Lipinski definition) is 2. The molecule has 2 aliphatic rings. The summed E-state index contributed by atoms with van der Waals surface area (Å²) >= 11 is 0. The van der Waals surface area contributed by atoms with Gasteiger partial charge in [-0.3, -0.25) is 14.3 Å². The predicted molar refractivity (Wildman–Crippen MR) is 124 cm³/mol. The van der Waals surface area contributed by atoms with Crippen LogP contribution in [0.5, 0.6) is 0 Å². The number of nitriles is 1. The Kier molecular flexibility index (Phi) is 5.60. The third kappa shape index (κ3) is 3.85. The standard InChI is InChI=1S/C24H27N7O/c25-8-10-30-9-7-16-12-20(6-5-17(16)15-30)28-24-27-14-19-11-18(13-26)23(32)31(22(19)29-24)21-3-1-2-4-21/h5-6,11-12,14,21H,1-4,7-10,15,25H2,(H,27,28,29). The monoisotopic (exact) mass is 429 g/mol. The minimum Gasteiger partial charge on any atom is -0.329 e. The van der Waals surface area contributed by atoms with Crippen LogP contribution in [0.1, 0.15) is 48.4 Å². The fraction of sp³-hybridized carbons (Fsp3) is 0.417. The van der Waals surface area contributed by atoms with Crippen molar-refractivity contribution in [3.8, 4) is 6.07 Å². The number of nitrogens with one attached hydrogen (secondary N) is 1. The Labute approximate surface area is 186 Å². The summed E-state index contributed by atoms with van der Waals surface area (Å²) in [6.45, 7) is 3.53. The smallest absolute Gasteiger partial charge is 0.270 e. The van der Waals surface area contributed by atoms with E-state index < -0.39 is 0 Å². The normalized spacial score (nSPS) is 16.8. The van der Waals surface area contributed by atoms with E-state index >= 15 is 0 Å². The van der Waals surface area contributed by atoms with Crippen molar-refractivity contribution >= 4 is 22.7 Å². The van der Waals surface area contributed by atoms with Gasteiger partial charge in [-0.2, -0.15) is 10.2 Å². The molecule has 3 heterocycles. The van der Waals surface area contributed by atoms with Crippen molar-refractivity contribution < 1.29 is 0 Å². The molecule has 0 saturated heterocycles. The highest BCUT2D eigenvalue weighted by Gasteiger charge is 2.23. The predicted octanol–water partition coefficient (Wildman–Crippen LogP) is 2.84. The lowest BCUT2D eigenvalue weighted by atomic mass is 9.99. The number of anilines is 2. The van der Waals surface area contributed by atoms with Gasteiger partial charge < -0.3 is 11.1 Å². The van der Waals surface area contributed by atoms with Crippen LogP contribution < -0.4 is 16.6 Å². The van der Waals surface area contributed by atoms with Crippen LogP contribution in [0.15, 0.2) is 35.3 Å². The van der Waals surface area contributed by atoms with Gasteiger partial charge in [-0.1, -0.05) is 18.9 Å². The summed E-state index contributed by atoms with van der Waals surface area (Å²) in [5.41, 5.74) is 9.76. The molecule has 164 valence electrons. The first-order chi connectivity index (χ1) is 15.7. The molecular formula is C24H27N7O. The number of hydrogen-bond acceptors (Lipinski definition) is 7. The molecule has 0 bridgehead atoms. The van der Waals surface area contributed by atoms with Crippen LogP contribution in [-0.2, 0) is 13.0 Å².